The van der Waals surface area contributed by atoms with Crippen molar-refractivity contribution in [2.75, 3.05) is 13.2 Å². The van der Waals surface area contributed by atoms with Gasteiger partial charge < -0.3 is 4.74 Å². The lowest BCUT2D eigenvalue weighted by Gasteiger charge is -2.27. The van der Waals surface area contributed by atoms with Crippen LogP contribution in [0, 0.1) is 17.8 Å². The molecule has 0 aromatic carbocycles. The Labute approximate surface area is 95.7 Å². The molecule has 3 unspecified atom stereocenters. The number of hydrogen-bond donors (Lipinski definition) is 0. The van der Waals surface area contributed by atoms with Gasteiger partial charge in [-0.15, -0.1) is 0 Å². The fourth-order valence-corrected chi connectivity index (χ4v) is 3.63. The van der Waals surface area contributed by atoms with Gasteiger partial charge in [0.1, 0.15) is 0 Å². The fourth-order valence-electron chi connectivity index (χ4n) is 2.94. The SMILES string of the molecule is CC1C(Br)CCC1CC1CCOCC1. The average Bonchev–Trinajstić information content (AvgIpc) is 2.52. The Morgan fingerprint density at radius 2 is 1.86 bits per heavy atom. The number of alkyl halides is 1. The van der Waals surface area contributed by atoms with Crippen molar-refractivity contribution in [3.63, 3.8) is 0 Å². The number of halogens is 1. The Hall–Kier alpha value is 0.440. The lowest BCUT2D eigenvalue weighted by Crippen LogP contribution is -2.20. The summed E-state index contributed by atoms with van der Waals surface area (Å²) in [6.07, 6.45) is 6.88. The zero-order valence-corrected chi connectivity index (χ0v) is 10.6. The molecule has 1 nitrogen and oxygen atoms in total. The van der Waals surface area contributed by atoms with E-state index in [0.717, 1.165) is 35.8 Å². The van der Waals surface area contributed by atoms with Crippen LogP contribution in [0.15, 0.2) is 0 Å². The smallest absolute Gasteiger partial charge is 0.0468 e. The summed E-state index contributed by atoms with van der Waals surface area (Å²) in [5, 5.41) is 0. The largest absolute Gasteiger partial charge is 0.381 e. The molecule has 0 radical (unpaired) electrons. The van der Waals surface area contributed by atoms with Crippen LogP contribution in [0.4, 0.5) is 0 Å². The second-order valence-electron chi connectivity index (χ2n) is 5.00. The minimum atomic E-state index is 0.785. The van der Waals surface area contributed by atoms with Gasteiger partial charge in [-0.2, -0.15) is 0 Å². The third-order valence-electron chi connectivity index (χ3n) is 4.10. The monoisotopic (exact) mass is 260 g/mol. The maximum absolute atomic E-state index is 5.40. The Bertz CT molecular complexity index is 177. The number of hydrogen-bond acceptors (Lipinski definition) is 1. The highest BCUT2D eigenvalue weighted by Crippen LogP contribution is 2.41. The summed E-state index contributed by atoms with van der Waals surface area (Å²) >= 11 is 3.78. The van der Waals surface area contributed by atoms with Crippen LogP contribution in [0.5, 0.6) is 0 Å². The van der Waals surface area contributed by atoms with Gasteiger partial charge in [0.05, 0.1) is 0 Å². The van der Waals surface area contributed by atoms with E-state index in [0.29, 0.717) is 0 Å². The van der Waals surface area contributed by atoms with Crippen molar-refractivity contribution in [1.82, 2.24) is 0 Å². The molecule has 1 saturated heterocycles. The van der Waals surface area contributed by atoms with Crippen LogP contribution in [-0.2, 0) is 4.74 Å². The van der Waals surface area contributed by atoms with Crippen LogP contribution in [-0.4, -0.2) is 18.0 Å². The molecule has 1 heterocycles. The third-order valence-corrected chi connectivity index (χ3v) is 5.40. The highest BCUT2D eigenvalue weighted by Gasteiger charge is 2.32. The van der Waals surface area contributed by atoms with Crippen molar-refractivity contribution >= 4 is 15.9 Å². The number of rotatable bonds is 2. The Morgan fingerprint density at radius 1 is 1.14 bits per heavy atom. The van der Waals surface area contributed by atoms with Gasteiger partial charge >= 0.3 is 0 Å². The van der Waals surface area contributed by atoms with E-state index in [9.17, 15) is 0 Å². The summed E-state index contributed by atoms with van der Waals surface area (Å²) in [5.41, 5.74) is 0. The fraction of sp³-hybridized carbons (Fsp3) is 1.00. The van der Waals surface area contributed by atoms with Crippen LogP contribution in [0.25, 0.3) is 0 Å². The molecular weight excluding hydrogens is 240 g/mol. The van der Waals surface area contributed by atoms with E-state index in [1.54, 1.807) is 0 Å². The highest BCUT2D eigenvalue weighted by atomic mass is 79.9. The molecule has 14 heavy (non-hydrogen) atoms. The quantitative estimate of drug-likeness (QED) is 0.690. The van der Waals surface area contributed by atoms with Crippen molar-refractivity contribution in [2.45, 2.75) is 43.9 Å². The Balaban J connectivity index is 1.79. The van der Waals surface area contributed by atoms with E-state index < -0.39 is 0 Å². The molecule has 0 aromatic heterocycles. The van der Waals surface area contributed by atoms with Gasteiger partial charge in [-0.25, -0.2) is 0 Å². The van der Waals surface area contributed by atoms with Crippen molar-refractivity contribution in [3.8, 4) is 0 Å². The van der Waals surface area contributed by atoms with E-state index >= 15 is 0 Å². The number of ether oxygens (including phenoxy) is 1. The molecule has 0 aromatic rings. The molecule has 0 N–H and O–H groups in total. The summed E-state index contributed by atoms with van der Waals surface area (Å²) in [7, 11) is 0. The van der Waals surface area contributed by atoms with Crippen LogP contribution < -0.4 is 0 Å². The molecule has 1 aliphatic carbocycles. The molecule has 2 rings (SSSR count). The first-order chi connectivity index (χ1) is 6.77. The van der Waals surface area contributed by atoms with Crippen molar-refractivity contribution in [3.05, 3.63) is 0 Å². The van der Waals surface area contributed by atoms with Crippen LogP contribution in [0.2, 0.25) is 0 Å². The standard InChI is InChI=1S/C12H21BrO/c1-9-11(2-3-12(9)13)8-10-4-6-14-7-5-10/h9-12H,2-8H2,1H3. The summed E-state index contributed by atoms with van der Waals surface area (Å²) in [6, 6.07) is 0. The van der Waals surface area contributed by atoms with E-state index in [4.69, 9.17) is 4.74 Å². The molecule has 2 aliphatic rings. The Kier molecular flexibility index (Phi) is 3.89. The van der Waals surface area contributed by atoms with Gasteiger partial charge in [-0.3, -0.25) is 0 Å². The van der Waals surface area contributed by atoms with Crippen molar-refractivity contribution in [1.29, 1.82) is 0 Å². The molecule has 82 valence electrons. The molecule has 0 amide bonds. The predicted octanol–water partition coefficient (Wildman–Crippen LogP) is 3.61. The van der Waals surface area contributed by atoms with Gasteiger partial charge in [-0.1, -0.05) is 22.9 Å². The van der Waals surface area contributed by atoms with Gasteiger partial charge in [0.15, 0.2) is 0 Å². The van der Waals surface area contributed by atoms with Gasteiger partial charge in [0.25, 0.3) is 0 Å². The zero-order valence-electron chi connectivity index (χ0n) is 9.05. The van der Waals surface area contributed by atoms with Crippen LogP contribution >= 0.6 is 15.9 Å². The van der Waals surface area contributed by atoms with Crippen molar-refractivity contribution < 1.29 is 4.74 Å². The van der Waals surface area contributed by atoms with Gasteiger partial charge in [0, 0.05) is 18.0 Å². The normalized spacial score (nSPS) is 40.3. The minimum Gasteiger partial charge on any atom is -0.381 e. The molecular formula is C12H21BrO. The average molecular weight is 261 g/mol. The molecule has 3 atom stereocenters. The maximum Gasteiger partial charge on any atom is 0.0468 e. The van der Waals surface area contributed by atoms with Gasteiger partial charge in [0.2, 0.25) is 0 Å². The first-order valence-electron chi connectivity index (χ1n) is 5.99. The molecule has 2 heteroatoms. The van der Waals surface area contributed by atoms with Crippen LogP contribution in [0.1, 0.15) is 39.0 Å². The van der Waals surface area contributed by atoms with Gasteiger partial charge in [-0.05, 0) is 49.9 Å². The molecule has 1 saturated carbocycles. The second kappa shape index (κ2) is 4.98. The predicted molar refractivity (Wildman–Crippen MR) is 62.8 cm³/mol. The molecule has 2 fully saturated rings. The molecule has 0 bridgehead atoms. The lowest BCUT2D eigenvalue weighted by molar-refractivity contribution is 0.0568. The van der Waals surface area contributed by atoms with E-state index in [2.05, 4.69) is 22.9 Å². The summed E-state index contributed by atoms with van der Waals surface area (Å²) in [4.78, 5) is 0.785. The minimum absolute atomic E-state index is 0.785. The summed E-state index contributed by atoms with van der Waals surface area (Å²) < 4.78 is 5.40. The second-order valence-corrected chi connectivity index (χ2v) is 6.18. The first-order valence-corrected chi connectivity index (χ1v) is 6.90. The van der Waals surface area contributed by atoms with Crippen molar-refractivity contribution in [2.24, 2.45) is 17.8 Å². The highest BCUT2D eigenvalue weighted by molar-refractivity contribution is 9.09. The van der Waals surface area contributed by atoms with E-state index in [1.807, 2.05) is 0 Å². The molecule has 0 spiro atoms. The lowest BCUT2D eigenvalue weighted by atomic mass is 9.84. The third kappa shape index (κ3) is 2.52. The summed E-state index contributed by atoms with van der Waals surface area (Å²) in [6.45, 7) is 4.42. The maximum atomic E-state index is 5.40. The Morgan fingerprint density at radius 3 is 2.43 bits per heavy atom. The topological polar surface area (TPSA) is 9.23 Å². The van der Waals surface area contributed by atoms with E-state index in [1.165, 1.54) is 32.1 Å². The molecule has 1 aliphatic heterocycles. The summed E-state index contributed by atoms with van der Waals surface area (Å²) in [5.74, 6) is 2.81. The van der Waals surface area contributed by atoms with E-state index in [-0.39, 0.29) is 0 Å². The zero-order chi connectivity index (χ0) is 9.97. The first kappa shape index (κ1) is 10.9. The van der Waals surface area contributed by atoms with Crippen LogP contribution in [0.3, 0.4) is 0 Å².